The summed E-state index contributed by atoms with van der Waals surface area (Å²) in [7, 11) is 2.71. The van der Waals surface area contributed by atoms with E-state index < -0.39 is 5.97 Å². The molecular weight excluding hydrogens is 688 g/mol. The molecule has 0 saturated heterocycles. The highest BCUT2D eigenvalue weighted by Crippen LogP contribution is 2.50. The quantitative estimate of drug-likeness (QED) is 0.114. The summed E-state index contributed by atoms with van der Waals surface area (Å²) in [5, 5.41) is 23.3. The zero-order valence-electron chi connectivity index (χ0n) is 17.4. The van der Waals surface area contributed by atoms with E-state index in [1.807, 2.05) is 45.2 Å². The number of fused-ring (bicyclic) bond motifs is 2. The number of ether oxygens (including phenoxy) is 2. The fraction of sp³-hybridized carbons (Fsp3) is 0.0870. The van der Waals surface area contributed by atoms with Crippen molar-refractivity contribution >= 4 is 85.2 Å². The van der Waals surface area contributed by atoms with Crippen LogP contribution in [-0.4, -0.2) is 35.6 Å². The number of carboxylic acid groups (broad SMARTS) is 1. The van der Waals surface area contributed by atoms with Gasteiger partial charge in [0.2, 0.25) is 16.9 Å². The predicted octanol–water partition coefficient (Wildman–Crippen LogP) is 5.93. The van der Waals surface area contributed by atoms with Crippen molar-refractivity contribution in [2.45, 2.75) is 0 Å². The maximum atomic E-state index is 12.8. The molecule has 1 aliphatic carbocycles. The van der Waals surface area contributed by atoms with Crippen LogP contribution in [0.25, 0.3) is 33.4 Å². The number of aromatic carboxylic acids is 1. The van der Waals surface area contributed by atoms with E-state index >= 15 is 0 Å². The standard InChI is InChI=1S/C23H13I2NO7S/c1-31-21-17(27)14(24)6-12-16(10-4-3-9(26-8-34)5-11(10)23(29)30)13-7-15(25)18(28)22(32-2)20(13)33-19(12)21/h3-7,27H,1-2H3,(H,29,30). The van der Waals surface area contributed by atoms with Gasteiger partial charge in [0, 0.05) is 16.5 Å². The number of aliphatic imine (C=N–C) groups is 1. The van der Waals surface area contributed by atoms with Crippen LogP contribution in [0.4, 0.5) is 5.69 Å². The zero-order chi connectivity index (χ0) is 24.7. The predicted molar refractivity (Wildman–Crippen MR) is 146 cm³/mol. The molecule has 8 nitrogen and oxygen atoms in total. The molecule has 2 aromatic rings. The normalized spacial score (nSPS) is 10.8. The summed E-state index contributed by atoms with van der Waals surface area (Å²) in [5.41, 5.74) is 1.25. The van der Waals surface area contributed by atoms with E-state index in [-0.39, 0.29) is 39.6 Å². The molecule has 11 heteroatoms. The van der Waals surface area contributed by atoms with E-state index in [0.29, 0.717) is 34.9 Å². The van der Waals surface area contributed by atoms with Gasteiger partial charge in [-0.05, 0) is 87.2 Å². The highest BCUT2D eigenvalue weighted by Gasteiger charge is 2.29. The fourth-order valence-electron chi connectivity index (χ4n) is 3.73. The number of carbonyl (C=O) groups is 1. The molecule has 0 fully saturated rings. The number of phenols is 1. The van der Waals surface area contributed by atoms with Gasteiger partial charge in [-0.25, -0.2) is 4.79 Å². The van der Waals surface area contributed by atoms with Gasteiger partial charge in [0.25, 0.3) is 0 Å². The number of phenolic OH excluding ortho intramolecular Hbond substituents is 1. The molecule has 2 N–H and O–H groups in total. The fourth-order valence-corrected chi connectivity index (χ4v) is 4.94. The van der Waals surface area contributed by atoms with Crippen molar-refractivity contribution < 1.29 is 28.9 Å². The Hall–Kier alpha value is -2.74. The van der Waals surface area contributed by atoms with Gasteiger partial charge in [-0.15, -0.1) is 0 Å². The zero-order valence-corrected chi connectivity index (χ0v) is 22.6. The lowest BCUT2D eigenvalue weighted by Gasteiger charge is -2.20. The van der Waals surface area contributed by atoms with Gasteiger partial charge in [0.05, 0.1) is 37.8 Å². The first-order valence-corrected chi connectivity index (χ1v) is 12.0. The number of nitrogens with zero attached hydrogens (tertiary/aromatic N) is 1. The monoisotopic (exact) mass is 701 g/mol. The van der Waals surface area contributed by atoms with Gasteiger partial charge in [0.1, 0.15) is 0 Å². The van der Waals surface area contributed by atoms with Crippen LogP contribution in [0.1, 0.15) is 10.4 Å². The first-order chi connectivity index (χ1) is 16.2. The van der Waals surface area contributed by atoms with Gasteiger partial charge in [-0.2, -0.15) is 4.99 Å². The third-order valence-electron chi connectivity index (χ3n) is 5.14. The van der Waals surface area contributed by atoms with Crippen molar-refractivity contribution in [2.75, 3.05) is 14.2 Å². The van der Waals surface area contributed by atoms with Gasteiger partial charge in [-0.3, -0.25) is 4.79 Å². The molecule has 0 aromatic heterocycles. The molecular formula is C23H13I2NO7S. The van der Waals surface area contributed by atoms with Crippen LogP contribution >= 0.6 is 57.4 Å². The van der Waals surface area contributed by atoms with Crippen molar-refractivity contribution in [3.05, 3.63) is 53.3 Å². The largest absolute Gasteiger partial charge is 0.503 e. The van der Waals surface area contributed by atoms with E-state index in [9.17, 15) is 19.8 Å². The smallest absolute Gasteiger partial charge is 0.336 e. The molecule has 2 aliphatic rings. The van der Waals surface area contributed by atoms with Crippen molar-refractivity contribution in [2.24, 2.45) is 4.99 Å². The molecule has 4 rings (SSSR count). The summed E-state index contributed by atoms with van der Waals surface area (Å²) >= 11 is 8.49. The van der Waals surface area contributed by atoms with Crippen LogP contribution in [-0.2, 0) is 0 Å². The molecule has 2 aromatic carbocycles. The molecule has 0 saturated carbocycles. The summed E-state index contributed by atoms with van der Waals surface area (Å²) in [6.07, 6.45) is 0. The van der Waals surface area contributed by atoms with Crippen LogP contribution in [0, 0.1) is 7.14 Å². The lowest BCUT2D eigenvalue weighted by atomic mass is 9.90. The van der Waals surface area contributed by atoms with E-state index in [0.717, 1.165) is 0 Å². The molecule has 0 atom stereocenters. The first-order valence-electron chi connectivity index (χ1n) is 9.41. The van der Waals surface area contributed by atoms with Crippen LogP contribution < -0.4 is 14.9 Å². The van der Waals surface area contributed by atoms with E-state index in [1.165, 1.54) is 20.3 Å². The van der Waals surface area contributed by atoms with Gasteiger partial charge in [0.15, 0.2) is 17.1 Å². The number of thiocarbonyl (C=S) groups is 1. The summed E-state index contributed by atoms with van der Waals surface area (Å²) in [6, 6.07) is 7.85. The Balaban J connectivity index is 2.32. The van der Waals surface area contributed by atoms with Crippen LogP contribution in [0.2, 0.25) is 0 Å². The number of aromatic hydroxyl groups is 1. The van der Waals surface area contributed by atoms with Crippen molar-refractivity contribution in [1.82, 2.24) is 0 Å². The second-order valence-electron chi connectivity index (χ2n) is 6.93. The van der Waals surface area contributed by atoms with E-state index in [1.54, 1.807) is 24.3 Å². The summed E-state index contributed by atoms with van der Waals surface area (Å²) in [4.78, 5) is 28.9. The molecule has 1 heterocycles. The summed E-state index contributed by atoms with van der Waals surface area (Å²) in [5.74, 6) is -1.27. The minimum Gasteiger partial charge on any atom is -0.503 e. The Morgan fingerprint density at radius 3 is 2.41 bits per heavy atom. The number of methoxy groups -OCH3 is 2. The number of halogens is 2. The van der Waals surface area contributed by atoms with Crippen molar-refractivity contribution in [3.63, 3.8) is 0 Å². The minimum absolute atomic E-state index is 0.0388. The maximum Gasteiger partial charge on any atom is 0.336 e. The topological polar surface area (TPSA) is 119 Å². The van der Waals surface area contributed by atoms with Crippen LogP contribution in [0.15, 0.2) is 44.5 Å². The first kappa shape index (κ1) is 24.4. The lowest BCUT2D eigenvalue weighted by molar-refractivity contribution is 0.0697. The lowest BCUT2D eigenvalue weighted by Crippen LogP contribution is -2.12. The molecule has 0 radical (unpaired) electrons. The number of benzene rings is 3. The Kier molecular flexibility index (Phi) is 6.80. The van der Waals surface area contributed by atoms with Gasteiger partial charge < -0.3 is 24.1 Å². The summed E-state index contributed by atoms with van der Waals surface area (Å²) in [6.45, 7) is 0. The van der Waals surface area contributed by atoms with Crippen LogP contribution in [0.3, 0.4) is 0 Å². The average molecular weight is 701 g/mol. The van der Waals surface area contributed by atoms with E-state index in [4.69, 9.17) is 13.9 Å². The Morgan fingerprint density at radius 2 is 1.79 bits per heavy atom. The molecule has 1 aliphatic heterocycles. The third kappa shape index (κ3) is 3.91. The Bertz CT molecular complexity index is 1570. The van der Waals surface area contributed by atoms with Gasteiger partial charge in [-0.1, -0.05) is 6.07 Å². The van der Waals surface area contributed by atoms with E-state index in [2.05, 4.69) is 22.4 Å². The number of hydrogen-bond acceptors (Lipinski definition) is 8. The van der Waals surface area contributed by atoms with Gasteiger partial charge >= 0.3 is 5.97 Å². The SMILES string of the molecule is COc1c2oc3c(OC)c(O)c(I)cc3c(-c3ccc(N=C=S)cc3C(=O)O)c-2cc(I)c1=O. The number of rotatable bonds is 5. The number of isothiocyanates is 1. The second-order valence-corrected chi connectivity index (χ2v) is 9.44. The molecule has 0 spiro atoms. The average Bonchev–Trinajstić information content (AvgIpc) is 2.80. The van der Waals surface area contributed by atoms with Crippen LogP contribution in [0.5, 0.6) is 17.2 Å². The second kappa shape index (κ2) is 9.49. The summed E-state index contributed by atoms with van der Waals surface area (Å²) < 4.78 is 17.7. The maximum absolute atomic E-state index is 12.8. The third-order valence-corrected chi connectivity index (χ3v) is 6.85. The molecule has 172 valence electrons. The molecule has 0 bridgehead atoms. The molecule has 0 unspecified atom stereocenters. The van der Waals surface area contributed by atoms with Crippen molar-refractivity contribution in [3.8, 4) is 39.7 Å². The minimum atomic E-state index is -1.19. The Morgan fingerprint density at radius 1 is 1.09 bits per heavy atom. The highest BCUT2D eigenvalue weighted by atomic mass is 127. The Labute approximate surface area is 224 Å². The number of hydrogen-bond donors (Lipinski definition) is 2. The molecule has 34 heavy (non-hydrogen) atoms. The molecule has 0 amide bonds. The number of carboxylic acids is 1. The van der Waals surface area contributed by atoms with Crippen molar-refractivity contribution in [1.29, 1.82) is 0 Å². The highest BCUT2D eigenvalue weighted by molar-refractivity contribution is 14.1.